The van der Waals surface area contributed by atoms with Gasteiger partial charge in [-0.2, -0.15) is 0 Å². The third-order valence-corrected chi connectivity index (χ3v) is 2.54. The lowest BCUT2D eigenvalue weighted by Crippen LogP contribution is -2.46. The van der Waals surface area contributed by atoms with E-state index in [1.807, 2.05) is 13.8 Å². The molecular formula is C9H19N3O. The molecule has 1 fully saturated rings. The van der Waals surface area contributed by atoms with Crippen LogP contribution in [0, 0.1) is 5.92 Å². The average Bonchev–Trinajstić information content (AvgIpc) is 2.49. The van der Waals surface area contributed by atoms with E-state index in [0.29, 0.717) is 6.54 Å². The summed E-state index contributed by atoms with van der Waals surface area (Å²) in [4.78, 5) is 13.5. The lowest BCUT2D eigenvalue weighted by Gasteiger charge is -2.22. The van der Waals surface area contributed by atoms with Gasteiger partial charge in [-0.05, 0) is 12.3 Å². The van der Waals surface area contributed by atoms with E-state index in [4.69, 9.17) is 11.5 Å². The molecule has 0 aliphatic carbocycles. The van der Waals surface area contributed by atoms with Gasteiger partial charge in [0.05, 0.1) is 6.04 Å². The fourth-order valence-corrected chi connectivity index (χ4v) is 1.48. The fraction of sp³-hybridized carbons (Fsp3) is 0.889. The van der Waals surface area contributed by atoms with Gasteiger partial charge in [-0.1, -0.05) is 13.8 Å². The number of nitrogens with zero attached hydrogens (tertiary/aromatic N) is 1. The number of carbonyl (C=O) groups is 1. The summed E-state index contributed by atoms with van der Waals surface area (Å²) in [5, 5.41) is 0. The van der Waals surface area contributed by atoms with Gasteiger partial charge in [-0.25, -0.2) is 0 Å². The molecule has 1 unspecified atom stereocenters. The Morgan fingerprint density at radius 3 is 2.54 bits per heavy atom. The van der Waals surface area contributed by atoms with Crippen LogP contribution >= 0.6 is 0 Å². The van der Waals surface area contributed by atoms with Crippen LogP contribution in [0.25, 0.3) is 0 Å². The minimum atomic E-state index is -0.370. The lowest BCUT2D eigenvalue weighted by molar-refractivity contribution is -0.132. The second-order valence-corrected chi connectivity index (χ2v) is 4.10. The van der Waals surface area contributed by atoms with Crippen molar-refractivity contribution in [3.8, 4) is 0 Å². The van der Waals surface area contributed by atoms with Crippen LogP contribution in [0.1, 0.15) is 20.3 Å². The Kier molecular flexibility index (Phi) is 3.27. The maximum absolute atomic E-state index is 11.7. The van der Waals surface area contributed by atoms with Gasteiger partial charge in [-0.15, -0.1) is 0 Å². The third-order valence-electron chi connectivity index (χ3n) is 2.54. The zero-order valence-electron chi connectivity index (χ0n) is 8.36. The normalized spacial score (nSPS) is 25.3. The standard InChI is InChI=1S/C9H19N3O/c1-6(2)8(11)9(13)12-4-3-7(10)5-12/h6-8H,3-5,10-11H2,1-2H3/t7-,8?/m0/s1. The first kappa shape index (κ1) is 10.5. The van der Waals surface area contributed by atoms with E-state index < -0.39 is 0 Å². The molecule has 0 saturated carbocycles. The quantitative estimate of drug-likeness (QED) is 0.611. The van der Waals surface area contributed by atoms with Gasteiger partial charge in [-0.3, -0.25) is 4.79 Å². The van der Waals surface area contributed by atoms with Crippen molar-refractivity contribution in [2.45, 2.75) is 32.4 Å². The lowest BCUT2D eigenvalue weighted by atomic mass is 10.0. The molecule has 1 amide bonds. The molecule has 0 spiro atoms. The molecule has 4 heteroatoms. The molecule has 2 atom stereocenters. The monoisotopic (exact) mass is 185 g/mol. The number of carbonyl (C=O) groups excluding carboxylic acids is 1. The van der Waals surface area contributed by atoms with E-state index in [0.717, 1.165) is 13.0 Å². The van der Waals surface area contributed by atoms with Crippen molar-refractivity contribution in [2.24, 2.45) is 17.4 Å². The Hall–Kier alpha value is -0.610. The highest BCUT2D eigenvalue weighted by Gasteiger charge is 2.28. The highest BCUT2D eigenvalue weighted by atomic mass is 16.2. The van der Waals surface area contributed by atoms with E-state index in [-0.39, 0.29) is 23.9 Å². The second-order valence-electron chi connectivity index (χ2n) is 4.10. The molecule has 0 aromatic carbocycles. The Balaban J connectivity index is 2.48. The minimum Gasteiger partial charge on any atom is -0.340 e. The molecule has 76 valence electrons. The van der Waals surface area contributed by atoms with Gasteiger partial charge in [0.15, 0.2) is 0 Å². The van der Waals surface area contributed by atoms with E-state index in [2.05, 4.69) is 0 Å². The molecule has 0 bridgehead atoms. The summed E-state index contributed by atoms with van der Waals surface area (Å²) in [6.07, 6.45) is 0.899. The van der Waals surface area contributed by atoms with Crippen LogP contribution < -0.4 is 11.5 Å². The zero-order valence-corrected chi connectivity index (χ0v) is 8.36. The molecule has 1 rings (SSSR count). The summed E-state index contributed by atoms with van der Waals surface area (Å²) in [5.74, 6) is 0.243. The topological polar surface area (TPSA) is 72.4 Å². The molecule has 1 saturated heterocycles. The van der Waals surface area contributed by atoms with Gasteiger partial charge in [0, 0.05) is 19.1 Å². The largest absolute Gasteiger partial charge is 0.340 e. The van der Waals surface area contributed by atoms with Crippen LogP contribution in [0.15, 0.2) is 0 Å². The van der Waals surface area contributed by atoms with Crippen molar-refractivity contribution in [1.82, 2.24) is 4.90 Å². The van der Waals surface area contributed by atoms with Gasteiger partial charge < -0.3 is 16.4 Å². The molecule has 4 N–H and O–H groups in total. The van der Waals surface area contributed by atoms with Gasteiger partial charge in [0.1, 0.15) is 0 Å². The van der Waals surface area contributed by atoms with E-state index >= 15 is 0 Å². The van der Waals surface area contributed by atoms with Crippen molar-refractivity contribution in [3.05, 3.63) is 0 Å². The first-order valence-electron chi connectivity index (χ1n) is 4.82. The maximum Gasteiger partial charge on any atom is 0.239 e. The summed E-state index contributed by atoms with van der Waals surface area (Å²) in [6.45, 7) is 5.34. The van der Waals surface area contributed by atoms with Crippen LogP contribution in [0.2, 0.25) is 0 Å². The van der Waals surface area contributed by atoms with Gasteiger partial charge >= 0.3 is 0 Å². The van der Waals surface area contributed by atoms with Crippen molar-refractivity contribution in [3.63, 3.8) is 0 Å². The van der Waals surface area contributed by atoms with Crippen LogP contribution in [0.5, 0.6) is 0 Å². The van der Waals surface area contributed by atoms with Gasteiger partial charge in [0.2, 0.25) is 5.91 Å². The van der Waals surface area contributed by atoms with Crippen molar-refractivity contribution in [2.75, 3.05) is 13.1 Å². The van der Waals surface area contributed by atoms with E-state index in [1.54, 1.807) is 4.90 Å². The number of amides is 1. The fourth-order valence-electron chi connectivity index (χ4n) is 1.48. The molecular weight excluding hydrogens is 166 g/mol. The highest BCUT2D eigenvalue weighted by Crippen LogP contribution is 2.10. The summed E-state index contributed by atoms with van der Waals surface area (Å²) in [5.41, 5.74) is 11.5. The Morgan fingerprint density at radius 1 is 1.54 bits per heavy atom. The number of hydrogen-bond acceptors (Lipinski definition) is 3. The summed E-state index contributed by atoms with van der Waals surface area (Å²) < 4.78 is 0. The molecule has 0 radical (unpaired) electrons. The molecule has 4 nitrogen and oxygen atoms in total. The minimum absolute atomic E-state index is 0.0444. The smallest absolute Gasteiger partial charge is 0.239 e. The number of hydrogen-bond donors (Lipinski definition) is 2. The predicted molar refractivity (Wildman–Crippen MR) is 52.0 cm³/mol. The van der Waals surface area contributed by atoms with Crippen molar-refractivity contribution in [1.29, 1.82) is 0 Å². The van der Waals surface area contributed by atoms with Gasteiger partial charge in [0.25, 0.3) is 0 Å². The number of likely N-dealkylation sites (tertiary alicyclic amines) is 1. The molecule has 1 aliphatic rings. The first-order chi connectivity index (χ1) is 6.02. The Morgan fingerprint density at radius 2 is 2.15 bits per heavy atom. The molecule has 0 aromatic rings. The SMILES string of the molecule is CC(C)C(N)C(=O)N1CC[C@H](N)C1. The van der Waals surface area contributed by atoms with Crippen molar-refractivity contribution < 1.29 is 4.79 Å². The third kappa shape index (κ3) is 2.42. The first-order valence-corrected chi connectivity index (χ1v) is 4.82. The van der Waals surface area contributed by atoms with Crippen LogP contribution in [0.4, 0.5) is 0 Å². The molecule has 0 aromatic heterocycles. The van der Waals surface area contributed by atoms with Crippen molar-refractivity contribution >= 4 is 5.91 Å². The zero-order chi connectivity index (χ0) is 10.0. The molecule has 1 heterocycles. The van der Waals surface area contributed by atoms with Crippen LogP contribution in [-0.2, 0) is 4.79 Å². The Labute approximate surface area is 79.3 Å². The Bertz CT molecular complexity index is 193. The summed E-state index contributed by atoms with van der Waals surface area (Å²) in [6, 6.07) is -0.228. The predicted octanol–water partition coefficient (Wildman–Crippen LogP) is -0.471. The molecule has 13 heavy (non-hydrogen) atoms. The number of rotatable bonds is 2. The second kappa shape index (κ2) is 4.07. The van der Waals surface area contributed by atoms with E-state index in [9.17, 15) is 4.79 Å². The summed E-state index contributed by atoms with van der Waals surface area (Å²) in [7, 11) is 0. The maximum atomic E-state index is 11.7. The number of nitrogens with two attached hydrogens (primary N) is 2. The van der Waals surface area contributed by atoms with Crippen LogP contribution in [0.3, 0.4) is 0 Å². The average molecular weight is 185 g/mol. The van der Waals surface area contributed by atoms with Crippen LogP contribution in [-0.4, -0.2) is 36.0 Å². The summed E-state index contributed by atoms with van der Waals surface area (Å²) >= 11 is 0. The van der Waals surface area contributed by atoms with E-state index in [1.165, 1.54) is 0 Å². The molecule has 1 aliphatic heterocycles. The highest BCUT2D eigenvalue weighted by molar-refractivity contribution is 5.82.